The van der Waals surface area contributed by atoms with Gasteiger partial charge in [0, 0.05) is 37.3 Å². The van der Waals surface area contributed by atoms with E-state index in [0.29, 0.717) is 18.1 Å². The van der Waals surface area contributed by atoms with Crippen LogP contribution in [0.4, 0.5) is 0 Å². The molecule has 7 nitrogen and oxygen atoms in total. The Morgan fingerprint density at radius 3 is 2.71 bits per heavy atom. The summed E-state index contributed by atoms with van der Waals surface area (Å²) >= 11 is 0. The monoisotopic (exact) mass is 436 g/mol. The molecule has 1 fully saturated rings. The zero-order chi connectivity index (χ0) is 20.7. The van der Waals surface area contributed by atoms with Gasteiger partial charge in [0.2, 0.25) is 5.95 Å². The van der Waals surface area contributed by atoms with E-state index in [1.165, 1.54) is 0 Å². The zero-order valence-corrected chi connectivity index (χ0v) is 18.1. The molecule has 0 bridgehead atoms. The van der Waals surface area contributed by atoms with Crippen LogP contribution in [0.1, 0.15) is 23.2 Å². The van der Waals surface area contributed by atoms with E-state index in [4.69, 9.17) is 10.7 Å². The average molecular weight is 437 g/mol. The highest BCUT2D eigenvalue weighted by atomic mass is 35.5. The molecule has 5 rings (SSSR count). The Kier molecular flexibility index (Phi) is 5.80. The molecule has 2 aromatic heterocycles. The number of rotatable bonds is 3. The van der Waals surface area contributed by atoms with Crippen LogP contribution >= 0.6 is 12.4 Å². The van der Waals surface area contributed by atoms with Crippen LogP contribution in [0.2, 0.25) is 0 Å². The van der Waals surface area contributed by atoms with Gasteiger partial charge in [0.1, 0.15) is 0 Å². The largest absolute Gasteiger partial charge is 0.337 e. The van der Waals surface area contributed by atoms with Crippen molar-refractivity contribution in [2.24, 2.45) is 12.8 Å². The Morgan fingerprint density at radius 2 is 1.94 bits per heavy atom. The summed E-state index contributed by atoms with van der Waals surface area (Å²) in [6.45, 7) is 1.36. The second-order valence-electron chi connectivity index (χ2n) is 7.82. The number of halogens is 1. The summed E-state index contributed by atoms with van der Waals surface area (Å²) < 4.78 is 3.83. The number of piperidine rings is 1. The Morgan fingerprint density at radius 1 is 1.13 bits per heavy atom. The summed E-state index contributed by atoms with van der Waals surface area (Å²) in [6, 6.07) is 17.8. The number of imidazole rings is 1. The van der Waals surface area contributed by atoms with Crippen LogP contribution in [0.3, 0.4) is 0 Å². The van der Waals surface area contributed by atoms with Crippen molar-refractivity contribution in [2.75, 3.05) is 13.1 Å². The highest BCUT2D eigenvalue weighted by Crippen LogP contribution is 2.25. The maximum atomic E-state index is 13.0. The molecule has 0 unspecified atom stereocenters. The van der Waals surface area contributed by atoms with Crippen LogP contribution in [0.5, 0.6) is 0 Å². The standard InChI is InChI=1S/C23H24N6O.ClH/c1-27-21-10-9-17(22(30)28-13-5-8-18(24)15-28)14-19(21)26-23(27)29-20(11-12-25-29)16-6-3-2-4-7-16;/h2-4,6-7,9-12,14,18H,5,8,13,15,24H2,1H3;1H/t18-;/m1./s1. The lowest BCUT2D eigenvalue weighted by atomic mass is 10.1. The average Bonchev–Trinajstić information content (AvgIpc) is 3.38. The lowest BCUT2D eigenvalue weighted by Gasteiger charge is -2.30. The number of nitrogens with two attached hydrogens (primary N) is 1. The van der Waals surface area contributed by atoms with Crippen LogP contribution in [-0.2, 0) is 7.05 Å². The number of benzene rings is 2. The molecule has 31 heavy (non-hydrogen) atoms. The van der Waals surface area contributed by atoms with E-state index in [1.54, 1.807) is 6.20 Å². The number of amides is 1. The molecular weight excluding hydrogens is 412 g/mol. The van der Waals surface area contributed by atoms with Gasteiger partial charge in [-0.2, -0.15) is 9.78 Å². The zero-order valence-electron chi connectivity index (χ0n) is 17.3. The minimum absolute atomic E-state index is 0. The molecule has 1 amide bonds. The predicted octanol–water partition coefficient (Wildman–Crippen LogP) is 3.41. The number of hydrogen-bond acceptors (Lipinski definition) is 4. The van der Waals surface area contributed by atoms with Crippen molar-refractivity contribution in [3.63, 3.8) is 0 Å². The van der Waals surface area contributed by atoms with Gasteiger partial charge in [-0.3, -0.25) is 4.79 Å². The van der Waals surface area contributed by atoms with Crippen molar-refractivity contribution in [3.05, 3.63) is 66.4 Å². The van der Waals surface area contributed by atoms with Gasteiger partial charge in [-0.15, -0.1) is 12.4 Å². The molecule has 2 aromatic carbocycles. The quantitative estimate of drug-likeness (QED) is 0.533. The van der Waals surface area contributed by atoms with Crippen LogP contribution in [0, 0.1) is 0 Å². The second-order valence-corrected chi connectivity index (χ2v) is 7.82. The Labute approximate surface area is 186 Å². The molecule has 1 aliphatic rings. The minimum Gasteiger partial charge on any atom is -0.337 e. The Hall–Kier alpha value is -3.16. The molecule has 0 aliphatic carbocycles. The highest BCUT2D eigenvalue weighted by Gasteiger charge is 2.23. The van der Waals surface area contributed by atoms with Crippen LogP contribution < -0.4 is 5.73 Å². The van der Waals surface area contributed by atoms with Gasteiger partial charge < -0.3 is 15.2 Å². The molecule has 3 heterocycles. The number of aromatic nitrogens is 4. The van der Waals surface area contributed by atoms with Gasteiger partial charge >= 0.3 is 0 Å². The normalized spacial score (nSPS) is 16.3. The van der Waals surface area contributed by atoms with Crippen molar-refractivity contribution < 1.29 is 4.79 Å². The first-order valence-corrected chi connectivity index (χ1v) is 10.2. The summed E-state index contributed by atoms with van der Waals surface area (Å²) in [5.41, 5.74) is 10.5. The summed E-state index contributed by atoms with van der Waals surface area (Å²) in [4.78, 5) is 19.6. The van der Waals surface area contributed by atoms with Gasteiger partial charge in [-0.05, 0) is 37.1 Å². The minimum atomic E-state index is 0. The Bertz CT molecular complexity index is 1220. The lowest BCUT2D eigenvalue weighted by molar-refractivity contribution is 0.0709. The van der Waals surface area contributed by atoms with Gasteiger partial charge in [0.15, 0.2) is 0 Å². The topological polar surface area (TPSA) is 82.0 Å². The van der Waals surface area contributed by atoms with Crippen molar-refractivity contribution >= 4 is 29.3 Å². The van der Waals surface area contributed by atoms with E-state index in [1.807, 2.05) is 63.7 Å². The molecule has 1 saturated heterocycles. The van der Waals surface area contributed by atoms with Crippen molar-refractivity contribution in [1.82, 2.24) is 24.2 Å². The number of likely N-dealkylation sites (tertiary alicyclic amines) is 1. The number of hydrogen-bond donors (Lipinski definition) is 1. The number of carbonyl (C=O) groups excluding carboxylic acids is 1. The van der Waals surface area contributed by atoms with Crippen molar-refractivity contribution in [2.45, 2.75) is 18.9 Å². The maximum Gasteiger partial charge on any atom is 0.253 e. The first-order valence-electron chi connectivity index (χ1n) is 10.2. The summed E-state index contributed by atoms with van der Waals surface area (Å²) in [6.07, 6.45) is 3.70. The third-order valence-corrected chi connectivity index (χ3v) is 5.75. The molecule has 1 atom stereocenters. The molecule has 0 saturated carbocycles. The van der Waals surface area contributed by atoms with Gasteiger partial charge in [0.05, 0.1) is 22.9 Å². The molecule has 8 heteroatoms. The SMILES string of the molecule is Cl.Cn1c(-n2nccc2-c2ccccc2)nc2cc(C(=O)N3CCC[C@@H](N)C3)ccc21. The molecular formula is C23H25ClN6O. The number of carbonyl (C=O) groups is 1. The fraction of sp³-hybridized carbons (Fsp3) is 0.261. The molecule has 4 aromatic rings. The van der Waals surface area contributed by atoms with E-state index in [-0.39, 0.29) is 24.4 Å². The maximum absolute atomic E-state index is 13.0. The first kappa shape index (κ1) is 21.1. The number of fused-ring (bicyclic) bond motifs is 1. The predicted molar refractivity (Wildman–Crippen MR) is 124 cm³/mol. The van der Waals surface area contributed by atoms with Gasteiger partial charge in [-0.25, -0.2) is 4.98 Å². The van der Waals surface area contributed by atoms with Crippen molar-refractivity contribution in [1.29, 1.82) is 0 Å². The fourth-order valence-corrected chi connectivity index (χ4v) is 4.18. The van der Waals surface area contributed by atoms with E-state index in [2.05, 4.69) is 17.2 Å². The van der Waals surface area contributed by atoms with Crippen LogP contribution in [0.25, 0.3) is 28.2 Å². The first-order chi connectivity index (χ1) is 14.6. The molecule has 160 valence electrons. The van der Waals surface area contributed by atoms with Crippen molar-refractivity contribution in [3.8, 4) is 17.2 Å². The van der Waals surface area contributed by atoms with E-state index in [9.17, 15) is 4.79 Å². The summed E-state index contributed by atoms with van der Waals surface area (Å²) in [5, 5.41) is 4.50. The lowest BCUT2D eigenvalue weighted by Crippen LogP contribution is -2.45. The summed E-state index contributed by atoms with van der Waals surface area (Å²) in [5.74, 6) is 0.724. The number of aryl methyl sites for hydroxylation is 1. The highest BCUT2D eigenvalue weighted by molar-refractivity contribution is 5.97. The van der Waals surface area contributed by atoms with Gasteiger partial charge in [-0.1, -0.05) is 30.3 Å². The third-order valence-electron chi connectivity index (χ3n) is 5.75. The fourth-order valence-electron chi connectivity index (χ4n) is 4.18. The molecule has 0 radical (unpaired) electrons. The number of nitrogens with zero attached hydrogens (tertiary/aromatic N) is 5. The summed E-state index contributed by atoms with van der Waals surface area (Å²) in [7, 11) is 1.96. The smallest absolute Gasteiger partial charge is 0.253 e. The van der Waals surface area contributed by atoms with Crippen LogP contribution in [0.15, 0.2) is 60.8 Å². The van der Waals surface area contributed by atoms with E-state index < -0.39 is 0 Å². The Balaban J connectivity index is 0.00000231. The van der Waals surface area contributed by atoms with E-state index >= 15 is 0 Å². The molecule has 1 aliphatic heterocycles. The third kappa shape index (κ3) is 3.82. The molecule has 2 N–H and O–H groups in total. The van der Waals surface area contributed by atoms with Gasteiger partial charge in [0.25, 0.3) is 5.91 Å². The molecule has 0 spiro atoms. The second kappa shape index (κ2) is 8.53. The van der Waals surface area contributed by atoms with E-state index in [0.717, 1.165) is 41.7 Å². The van der Waals surface area contributed by atoms with Crippen LogP contribution in [-0.4, -0.2) is 49.3 Å².